The van der Waals surface area contributed by atoms with E-state index < -0.39 is 10.0 Å². The van der Waals surface area contributed by atoms with Crippen LogP contribution in [0.3, 0.4) is 0 Å². The van der Waals surface area contributed by atoms with Gasteiger partial charge in [0.05, 0.1) is 6.61 Å². The predicted molar refractivity (Wildman–Crippen MR) is 85.7 cm³/mol. The molecule has 1 aromatic heterocycles. The van der Waals surface area contributed by atoms with E-state index in [1.54, 1.807) is 16.7 Å². The molecule has 0 fully saturated rings. The molecule has 7 heteroatoms. The number of benzene rings is 1. The number of nitrogens with zero attached hydrogens (tertiary/aromatic N) is 1. The van der Waals surface area contributed by atoms with Crippen LogP contribution in [0.4, 0.5) is 5.69 Å². The number of halogens is 1. The number of sulfonamides is 1. The summed E-state index contributed by atoms with van der Waals surface area (Å²) in [6.07, 6.45) is 1.52. The normalized spacial score (nSPS) is 11.6. The van der Waals surface area contributed by atoms with Crippen LogP contribution in [0.2, 0.25) is 0 Å². The molecule has 114 valence electrons. The molecule has 0 saturated heterocycles. The van der Waals surface area contributed by atoms with Gasteiger partial charge in [-0.2, -0.15) is 0 Å². The maximum Gasteiger partial charge on any atom is 0.263 e. The molecular formula is C14H17BrN2O3S. The van der Waals surface area contributed by atoms with Gasteiger partial charge < -0.3 is 9.67 Å². The summed E-state index contributed by atoms with van der Waals surface area (Å²) in [5, 5.41) is 9.24. The van der Waals surface area contributed by atoms with Crippen molar-refractivity contribution in [3.63, 3.8) is 0 Å². The lowest BCUT2D eigenvalue weighted by atomic mass is 10.2. The largest absolute Gasteiger partial charge is 0.390 e. The van der Waals surface area contributed by atoms with Crippen LogP contribution in [0.5, 0.6) is 0 Å². The van der Waals surface area contributed by atoms with Crippen LogP contribution in [-0.4, -0.2) is 18.1 Å². The van der Waals surface area contributed by atoms with Crippen LogP contribution < -0.4 is 4.72 Å². The Balaban J connectivity index is 2.33. The summed E-state index contributed by atoms with van der Waals surface area (Å²) in [6, 6.07) is 6.74. The zero-order valence-corrected chi connectivity index (χ0v) is 14.2. The maximum absolute atomic E-state index is 12.4. The molecule has 0 aliphatic carbocycles. The molecule has 5 nitrogen and oxygen atoms in total. The van der Waals surface area contributed by atoms with Gasteiger partial charge in [0.2, 0.25) is 0 Å². The lowest BCUT2D eigenvalue weighted by molar-refractivity contribution is 0.271. The standard InChI is InChI=1S/C14H17BrN2O3S/c1-3-17-8-13(7-12(17)9-18)21(19,20)16-11-5-4-10(2)14(15)6-11/h4-8,16,18H,3,9H2,1-2H3. The van der Waals surface area contributed by atoms with Crippen molar-refractivity contribution in [2.45, 2.75) is 31.9 Å². The highest BCUT2D eigenvalue weighted by atomic mass is 79.9. The van der Waals surface area contributed by atoms with Crippen molar-refractivity contribution in [2.24, 2.45) is 0 Å². The number of hydrogen-bond donors (Lipinski definition) is 2. The molecule has 0 unspecified atom stereocenters. The van der Waals surface area contributed by atoms with Crippen molar-refractivity contribution in [3.8, 4) is 0 Å². The topological polar surface area (TPSA) is 71.3 Å². The summed E-state index contributed by atoms with van der Waals surface area (Å²) < 4.78 is 29.8. The fourth-order valence-corrected chi connectivity index (χ4v) is 3.46. The molecular weight excluding hydrogens is 356 g/mol. The van der Waals surface area contributed by atoms with E-state index in [1.807, 2.05) is 19.9 Å². The van der Waals surface area contributed by atoms with E-state index >= 15 is 0 Å². The van der Waals surface area contributed by atoms with Crippen molar-refractivity contribution in [1.29, 1.82) is 0 Å². The SMILES string of the molecule is CCn1cc(S(=O)(=O)Nc2ccc(C)c(Br)c2)cc1CO. The van der Waals surface area contributed by atoms with E-state index in [9.17, 15) is 13.5 Å². The molecule has 1 aromatic carbocycles. The Labute approximate surface area is 132 Å². The van der Waals surface area contributed by atoms with E-state index in [-0.39, 0.29) is 11.5 Å². The fraction of sp³-hybridized carbons (Fsp3) is 0.286. The van der Waals surface area contributed by atoms with Crippen LogP contribution >= 0.6 is 15.9 Å². The lowest BCUT2D eigenvalue weighted by Gasteiger charge is -2.08. The average Bonchev–Trinajstić information content (AvgIpc) is 2.86. The second-order valence-corrected chi connectivity index (χ2v) is 7.22. The highest BCUT2D eigenvalue weighted by molar-refractivity contribution is 9.10. The molecule has 0 bridgehead atoms. The Morgan fingerprint density at radius 2 is 2.05 bits per heavy atom. The van der Waals surface area contributed by atoms with E-state index in [2.05, 4.69) is 20.7 Å². The van der Waals surface area contributed by atoms with Gasteiger partial charge in [-0.15, -0.1) is 0 Å². The van der Waals surface area contributed by atoms with Crippen molar-refractivity contribution in [3.05, 3.63) is 46.2 Å². The first-order chi connectivity index (χ1) is 9.87. The molecule has 2 rings (SSSR count). The smallest absolute Gasteiger partial charge is 0.263 e. The van der Waals surface area contributed by atoms with Crippen molar-refractivity contribution >= 4 is 31.6 Å². The third-order valence-electron chi connectivity index (χ3n) is 3.20. The van der Waals surface area contributed by atoms with Gasteiger partial charge >= 0.3 is 0 Å². The van der Waals surface area contributed by atoms with Crippen LogP contribution in [-0.2, 0) is 23.2 Å². The molecule has 0 amide bonds. The summed E-state index contributed by atoms with van der Waals surface area (Å²) in [7, 11) is -3.67. The van der Waals surface area contributed by atoms with E-state index in [1.165, 1.54) is 12.3 Å². The molecule has 2 N–H and O–H groups in total. The minimum absolute atomic E-state index is 0.144. The van der Waals surface area contributed by atoms with Gasteiger partial charge in [0.25, 0.3) is 10.0 Å². The molecule has 2 aromatic rings. The molecule has 0 radical (unpaired) electrons. The maximum atomic E-state index is 12.4. The summed E-state index contributed by atoms with van der Waals surface area (Å²) in [4.78, 5) is 0.144. The minimum Gasteiger partial charge on any atom is -0.390 e. The van der Waals surface area contributed by atoms with Gasteiger partial charge in [-0.25, -0.2) is 8.42 Å². The van der Waals surface area contributed by atoms with E-state index in [4.69, 9.17) is 0 Å². The number of aryl methyl sites for hydroxylation is 2. The Morgan fingerprint density at radius 1 is 1.33 bits per heavy atom. The van der Waals surface area contributed by atoms with Crippen LogP contribution in [0, 0.1) is 6.92 Å². The summed E-state index contributed by atoms with van der Waals surface area (Å²) >= 11 is 3.38. The number of anilines is 1. The van der Waals surface area contributed by atoms with Crippen molar-refractivity contribution < 1.29 is 13.5 Å². The minimum atomic E-state index is -3.67. The highest BCUT2D eigenvalue weighted by Gasteiger charge is 2.18. The predicted octanol–water partition coefficient (Wildman–Crippen LogP) is 2.87. The zero-order chi connectivity index (χ0) is 15.6. The highest BCUT2D eigenvalue weighted by Crippen LogP contribution is 2.24. The number of nitrogens with one attached hydrogen (secondary N) is 1. The van der Waals surface area contributed by atoms with Crippen LogP contribution in [0.25, 0.3) is 0 Å². The monoisotopic (exact) mass is 372 g/mol. The lowest BCUT2D eigenvalue weighted by Crippen LogP contribution is -2.12. The number of aromatic nitrogens is 1. The summed E-state index contributed by atoms with van der Waals surface area (Å²) in [5.41, 5.74) is 2.09. The second kappa shape index (κ2) is 6.21. The molecule has 0 saturated carbocycles. The Bertz CT molecular complexity index is 732. The average molecular weight is 373 g/mol. The number of aliphatic hydroxyl groups is 1. The number of rotatable bonds is 5. The van der Waals surface area contributed by atoms with Crippen LogP contribution in [0.15, 0.2) is 39.8 Å². The van der Waals surface area contributed by atoms with Gasteiger partial charge in [0, 0.05) is 28.6 Å². The second-order valence-electron chi connectivity index (χ2n) is 4.68. The van der Waals surface area contributed by atoms with Gasteiger partial charge in [-0.05, 0) is 37.6 Å². The van der Waals surface area contributed by atoms with Gasteiger partial charge in [-0.3, -0.25) is 4.72 Å². The van der Waals surface area contributed by atoms with Crippen LogP contribution in [0.1, 0.15) is 18.2 Å². The molecule has 0 spiro atoms. The first kappa shape index (κ1) is 16.1. The van der Waals surface area contributed by atoms with Gasteiger partial charge in [0.1, 0.15) is 4.90 Å². The quantitative estimate of drug-likeness (QED) is 0.847. The zero-order valence-electron chi connectivity index (χ0n) is 11.8. The van der Waals surface area contributed by atoms with Gasteiger partial charge in [0.15, 0.2) is 0 Å². The van der Waals surface area contributed by atoms with E-state index in [0.717, 1.165) is 10.0 Å². The van der Waals surface area contributed by atoms with Gasteiger partial charge in [-0.1, -0.05) is 22.0 Å². The van der Waals surface area contributed by atoms with Crippen molar-refractivity contribution in [1.82, 2.24) is 4.57 Å². The Morgan fingerprint density at radius 3 is 2.57 bits per heavy atom. The molecule has 0 atom stereocenters. The summed E-state index contributed by atoms with van der Waals surface area (Å²) in [5.74, 6) is 0. The molecule has 0 aliphatic rings. The molecule has 0 aliphatic heterocycles. The third kappa shape index (κ3) is 3.48. The molecule has 21 heavy (non-hydrogen) atoms. The fourth-order valence-electron chi connectivity index (χ4n) is 1.97. The van der Waals surface area contributed by atoms with E-state index in [0.29, 0.717) is 17.9 Å². The first-order valence-electron chi connectivity index (χ1n) is 6.46. The third-order valence-corrected chi connectivity index (χ3v) is 5.40. The van der Waals surface area contributed by atoms with Crippen molar-refractivity contribution in [2.75, 3.05) is 4.72 Å². The first-order valence-corrected chi connectivity index (χ1v) is 8.74. The Kier molecular flexibility index (Phi) is 4.75. The molecule has 1 heterocycles. The number of hydrogen-bond acceptors (Lipinski definition) is 3. The Hall–Kier alpha value is -1.31. The number of aliphatic hydroxyl groups excluding tert-OH is 1. The summed E-state index contributed by atoms with van der Waals surface area (Å²) in [6.45, 7) is 4.22.